The van der Waals surface area contributed by atoms with E-state index < -0.39 is 0 Å². The van der Waals surface area contributed by atoms with Crippen LogP contribution in [0.4, 0.5) is 5.82 Å². The van der Waals surface area contributed by atoms with E-state index in [4.69, 9.17) is 0 Å². The van der Waals surface area contributed by atoms with E-state index in [2.05, 4.69) is 75.8 Å². The largest absolute Gasteiger partial charge is 0.349 e. The molecular formula is C24H36BrN5O2. The smallest absolute Gasteiger partial charge is 0.270 e. The van der Waals surface area contributed by atoms with Crippen LogP contribution in [0.25, 0.3) is 0 Å². The molecule has 3 N–H and O–H groups in total. The maximum Gasteiger partial charge on any atom is 0.270 e. The van der Waals surface area contributed by atoms with E-state index >= 15 is 0 Å². The van der Waals surface area contributed by atoms with Crippen molar-refractivity contribution in [2.45, 2.75) is 66.2 Å². The highest BCUT2D eigenvalue weighted by Crippen LogP contribution is 2.31. The minimum Gasteiger partial charge on any atom is -0.349 e. The molecule has 0 bridgehead atoms. The Hall–Kier alpha value is -2.35. The van der Waals surface area contributed by atoms with Crippen molar-refractivity contribution in [3.8, 4) is 0 Å². The Morgan fingerprint density at radius 2 is 2.06 bits per heavy atom. The van der Waals surface area contributed by atoms with Gasteiger partial charge in [-0.25, -0.2) is 0 Å². The lowest BCUT2D eigenvalue weighted by atomic mass is 9.93. The van der Waals surface area contributed by atoms with Crippen LogP contribution < -0.4 is 10.6 Å². The van der Waals surface area contributed by atoms with Crippen molar-refractivity contribution in [1.29, 1.82) is 0 Å². The van der Waals surface area contributed by atoms with Crippen molar-refractivity contribution in [2.75, 3.05) is 25.0 Å². The van der Waals surface area contributed by atoms with E-state index in [0.717, 1.165) is 44.2 Å². The fourth-order valence-corrected chi connectivity index (χ4v) is 4.11. The Balaban J connectivity index is 2.06. The van der Waals surface area contributed by atoms with Crippen molar-refractivity contribution < 1.29 is 9.59 Å². The van der Waals surface area contributed by atoms with Gasteiger partial charge in [-0.2, -0.15) is 5.10 Å². The molecule has 176 valence electrons. The SMILES string of the molecule is CC/C=C(/Nc1n[nH]c(C(=O)NCCN(CCCC)C(C)=O)c1Br)C1=C(CC)CCC=C1. The maximum atomic E-state index is 12.7. The number of unbranched alkanes of at least 4 members (excludes halogenated alkanes) is 1. The van der Waals surface area contributed by atoms with Crippen molar-refractivity contribution in [2.24, 2.45) is 0 Å². The third-order valence-electron chi connectivity index (χ3n) is 5.48. The van der Waals surface area contributed by atoms with Crippen LogP contribution in [0.1, 0.15) is 76.7 Å². The zero-order chi connectivity index (χ0) is 23.5. The second kappa shape index (κ2) is 13.3. The number of carbonyl (C=O) groups is 2. The fraction of sp³-hybridized carbons (Fsp3) is 0.542. The van der Waals surface area contributed by atoms with Gasteiger partial charge in [-0.1, -0.05) is 51.0 Å². The summed E-state index contributed by atoms with van der Waals surface area (Å²) in [6.45, 7) is 9.51. The van der Waals surface area contributed by atoms with Gasteiger partial charge in [0.15, 0.2) is 5.82 Å². The molecule has 0 aliphatic heterocycles. The van der Waals surface area contributed by atoms with E-state index in [1.165, 1.54) is 11.1 Å². The summed E-state index contributed by atoms with van der Waals surface area (Å²) in [4.78, 5) is 26.2. The van der Waals surface area contributed by atoms with Crippen molar-refractivity contribution in [3.05, 3.63) is 45.2 Å². The Bertz CT molecular complexity index is 885. The number of allylic oxidation sites excluding steroid dienone is 4. The van der Waals surface area contributed by atoms with E-state index in [9.17, 15) is 9.59 Å². The molecule has 1 aliphatic rings. The molecule has 0 unspecified atom stereocenters. The molecule has 1 aliphatic carbocycles. The number of hydrogen-bond acceptors (Lipinski definition) is 4. The van der Waals surface area contributed by atoms with Crippen LogP contribution >= 0.6 is 15.9 Å². The molecule has 8 heteroatoms. The van der Waals surface area contributed by atoms with Gasteiger partial charge in [-0.3, -0.25) is 14.7 Å². The monoisotopic (exact) mass is 505 g/mol. The van der Waals surface area contributed by atoms with Gasteiger partial charge in [0, 0.05) is 32.3 Å². The molecule has 32 heavy (non-hydrogen) atoms. The molecule has 2 amide bonds. The Kier molecular flexibility index (Phi) is 10.7. The predicted octanol–water partition coefficient (Wildman–Crippen LogP) is 5.31. The number of aromatic nitrogens is 2. The third kappa shape index (κ3) is 7.08. The van der Waals surface area contributed by atoms with Crippen LogP contribution in [0.5, 0.6) is 0 Å². The van der Waals surface area contributed by atoms with Gasteiger partial charge in [0.25, 0.3) is 5.91 Å². The van der Waals surface area contributed by atoms with Crippen LogP contribution in [0, 0.1) is 0 Å². The number of amides is 2. The first-order valence-electron chi connectivity index (χ1n) is 11.6. The molecule has 1 aromatic rings. The number of carbonyl (C=O) groups excluding carboxylic acids is 2. The van der Waals surface area contributed by atoms with Crippen molar-refractivity contribution >= 4 is 33.6 Å². The van der Waals surface area contributed by atoms with Crippen LogP contribution in [-0.4, -0.2) is 46.5 Å². The number of hydrogen-bond donors (Lipinski definition) is 3. The molecule has 0 aromatic carbocycles. The standard InChI is InChI=1S/C24H36BrN5O2/c1-5-8-15-30(17(4)31)16-14-26-24(32)22-21(25)23(29-28-22)27-20(11-6-2)19-13-10-9-12-18(19)7-3/h10-11,13H,5-9,12,14-16H2,1-4H3,(H,26,32)(H2,27,28,29)/b20-11+. The van der Waals surface area contributed by atoms with Crippen LogP contribution in [0.2, 0.25) is 0 Å². The van der Waals surface area contributed by atoms with Crippen molar-refractivity contribution in [3.63, 3.8) is 0 Å². The van der Waals surface area contributed by atoms with E-state index in [0.29, 0.717) is 35.6 Å². The lowest BCUT2D eigenvalue weighted by Gasteiger charge is -2.20. The van der Waals surface area contributed by atoms with Gasteiger partial charge in [0.2, 0.25) is 5.91 Å². The molecule has 7 nitrogen and oxygen atoms in total. The molecule has 2 rings (SSSR count). The molecule has 0 saturated heterocycles. The topological polar surface area (TPSA) is 90.1 Å². The molecule has 0 spiro atoms. The number of aromatic amines is 1. The summed E-state index contributed by atoms with van der Waals surface area (Å²) in [7, 11) is 0. The third-order valence-corrected chi connectivity index (χ3v) is 6.26. The molecule has 1 aromatic heterocycles. The summed E-state index contributed by atoms with van der Waals surface area (Å²) in [6, 6.07) is 0. The lowest BCUT2D eigenvalue weighted by Crippen LogP contribution is -2.38. The van der Waals surface area contributed by atoms with Gasteiger partial charge in [-0.05, 0) is 53.6 Å². The van der Waals surface area contributed by atoms with Gasteiger partial charge in [0.05, 0.1) is 4.47 Å². The summed E-state index contributed by atoms with van der Waals surface area (Å²) < 4.78 is 0.588. The molecule has 0 atom stereocenters. The highest BCUT2D eigenvalue weighted by atomic mass is 79.9. The van der Waals surface area contributed by atoms with Gasteiger partial charge in [-0.15, -0.1) is 0 Å². The predicted molar refractivity (Wildman–Crippen MR) is 133 cm³/mol. The highest BCUT2D eigenvalue weighted by Gasteiger charge is 2.20. The average Bonchev–Trinajstić information content (AvgIpc) is 3.15. The zero-order valence-corrected chi connectivity index (χ0v) is 21.3. The average molecular weight is 506 g/mol. The first-order valence-corrected chi connectivity index (χ1v) is 12.4. The van der Waals surface area contributed by atoms with E-state index in [1.807, 2.05) is 0 Å². The second-order valence-corrected chi connectivity index (χ2v) is 8.63. The summed E-state index contributed by atoms with van der Waals surface area (Å²) in [5.74, 6) is 0.336. The molecular weight excluding hydrogens is 470 g/mol. The number of anilines is 1. The Morgan fingerprint density at radius 1 is 1.28 bits per heavy atom. The van der Waals surface area contributed by atoms with E-state index in [-0.39, 0.29) is 11.8 Å². The second-order valence-electron chi connectivity index (χ2n) is 7.84. The summed E-state index contributed by atoms with van der Waals surface area (Å²) >= 11 is 3.52. The molecule has 0 saturated carbocycles. The summed E-state index contributed by atoms with van der Waals surface area (Å²) in [5, 5.41) is 13.4. The Morgan fingerprint density at radius 3 is 2.72 bits per heavy atom. The van der Waals surface area contributed by atoms with Gasteiger partial charge < -0.3 is 15.5 Å². The minimum atomic E-state index is -0.261. The number of nitrogens with zero attached hydrogens (tertiary/aromatic N) is 2. The van der Waals surface area contributed by atoms with Crippen LogP contribution in [0.3, 0.4) is 0 Å². The molecule has 0 radical (unpaired) electrons. The highest BCUT2D eigenvalue weighted by molar-refractivity contribution is 9.10. The molecule has 1 heterocycles. The number of nitrogens with one attached hydrogen (secondary N) is 3. The fourth-order valence-electron chi connectivity index (χ4n) is 3.65. The zero-order valence-electron chi connectivity index (χ0n) is 19.7. The van der Waals surface area contributed by atoms with E-state index in [1.54, 1.807) is 11.8 Å². The molecule has 0 fully saturated rings. The minimum absolute atomic E-state index is 0.0228. The van der Waals surface area contributed by atoms with Crippen LogP contribution in [0.15, 0.2) is 39.5 Å². The van der Waals surface area contributed by atoms with Crippen molar-refractivity contribution in [1.82, 2.24) is 20.4 Å². The summed E-state index contributed by atoms with van der Waals surface area (Å²) in [5.41, 5.74) is 3.99. The number of H-pyrrole nitrogens is 1. The first kappa shape index (κ1) is 25.9. The normalized spacial score (nSPS) is 14.0. The quantitative estimate of drug-likeness (QED) is 0.358. The van der Waals surface area contributed by atoms with Gasteiger partial charge >= 0.3 is 0 Å². The first-order chi connectivity index (χ1) is 15.4. The number of rotatable bonds is 12. The number of halogens is 1. The Labute approximate surface area is 199 Å². The lowest BCUT2D eigenvalue weighted by molar-refractivity contribution is -0.128. The van der Waals surface area contributed by atoms with Crippen LogP contribution in [-0.2, 0) is 4.79 Å². The maximum absolute atomic E-state index is 12.7. The van der Waals surface area contributed by atoms with Gasteiger partial charge in [0.1, 0.15) is 5.69 Å². The summed E-state index contributed by atoms with van der Waals surface area (Å²) in [6.07, 6.45) is 12.5.